The molecular weight excluding hydrogens is 390 g/mol. The van der Waals surface area contributed by atoms with Gasteiger partial charge in [-0.25, -0.2) is 0 Å². The molecule has 31 heavy (non-hydrogen) atoms. The average Bonchev–Trinajstić information content (AvgIpc) is 3.25. The molecule has 0 aliphatic rings. The van der Waals surface area contributed by atoms with E-state index in [4.69, 9.17) is 9.47 Å². The molecule has 7 heteroatoms. The molecule has 0 amide bonds. The molecule has 2 aromatic carbocycles. The molecule has 0 fully saturated rings. The van der Waals surface area contributed by atoms with Crippen LogP contribution in [0.4, 0.5) is 0 Å². The van der Waals surface area contributed by atoms with Crippen LogP contribution in [0.5, 0.6) is 11.5 Å². The van der Waals surface area contributed by atoms with Gasteiger partial charge in [0.15, 0.2) is 17.5 Å². The first-order valence-electron chi connectivity index (χ1n) is 10.3. The van der Waals surface area contributed by atoms with Crippen molar-refractivity contribution in [3.05, 3.63) is 77.6 Å². The van der Waals surface area contributed by atoms with Crippen molar-refractivity contribution in [1.82, 2.24) is 20.0 Å². The number of hydrogen-bond donors (Lipinski definition) is 1. The lowest BCUT2D eigenvalue weighted by molar-refractivity contribution is 0.354. The minimum absolute atomic E-state index is 0.669. The number of benzene rings is 2. The maximum absolute atomic E-state index is 5.40. The van der Waals surface area contributed by atoms with Crippen LogP contribution < -0.4 is 14.8 Å². The van der Waals surface area contributed by atoms with Gasteiger partial charge < -0.3 is 19.7 Å². The van der Waals surface area contributed by atoms with Crippen LogP contribution in [-0.2, 0) is 19.5 Å². The lowest BCUT2D eigenvalue weighted by Crippen LogP contribution is -2.39. The molecule has 3 rings (SSSR count). The van der Waals surface area contributed by atoms with E-state index < -0.39 is 0 Å². The van der Waals surface area contributed by atoms with Gasteiger partial charge >= 0.3 is 0 Å². The van der Waals surface area contributed by atoms with Gasteiger partial charge in [0, 0.05) is 38.9 Å². The molecule has 0 saturated carbocycles. The Morgan fingerprint density at radius 1 is 1.03 bits per heavy atom. The van der Waals surface area contributed by atoms with E-state index >= 15 is 0 Å². The molecule has 1 aromatic heterocycles. The highest BCUT2D eigenvalue weighted by Gasteiger charge is 2.09. The number of likely N-dealkylation sites (N-methyl/N-ethyl adjacent to an activating group) is 1. The molecule has 1 N–H and O–H groups in total. The van der Waals surface area contributed by atoms with Gasteiger partial charge in [-0.05, 0) is 29.7 Å². The summed E-state index contributed by atoms with van der Waals surface area (Å²) in [6.07, 6.45) is 4.83. The largest absolute Gasteiger partial charge is 0.493 e. The van der Waals surface area contributed by atoms with Crippen LogP contribution >= 0.6 is 0 Å². The molecule has 0 bridgehead atoms. The van der Waals surface area contributed by atoms with Crippen LogP contribution in [-0.4, -0.2) is 55.5 Å². The quantitative estimate of drug-likeness (QED) is 0.425. The van der Waals surface area contributed by atoms with E-state index in [2.05, 4.69) is 44.7 Å². The Hall–Kier alpha value is -3.48. The summed E-state index contributed by atoms with van der Waals surface area (Å²) in [5.41, 5.74) is 3.53. The Morgan fingerprint density at radius 2 is 1.81 bits per heavy atom. The van der Waals surface area contributed by atoms with Crippen molar-refractivity contribution < 1.29 is 9.47 Å². The molecule has 0 radical (unpaired) electrons. The van der Waals surface area contributed by atoms with Gasteiger partial charge in [-0.3, -0.25) is 9.67 Å². The number of nitrogens with zero attached hydrogens (tertiary/aromatic N) is 4. The molecule has 0 aliphatic heterocycles. The summed E-state index contributed by atoms with van der Waals surface area (Å²) in [4.78, 5) is 6.53. The van der Waals surface area contributed by atoms with E-state index in [1.54, 1.807) is 21.3 Å². The Morgan fingerprint density at radius 3 is 2.52 bits per heavy atom. The molecule has 164 valence electrons. The summed E-state index contributed by atoms with van der Waals surface area (Å²) in [5, 5.41) is 7.89. The zero-order valence-electron chi connectivity index (χ0n) is 18.7. The number of nitrogens with one attached hydrogen (secondary N) is 1. The molecule has 3 aromatic rings. The lowest BCUT2D eigenvalue weighted by Gasteiger charge is -2.22. The summed E-state index contributed by atoms with van der Waals surface area (Å²) in [5.74, 6) is 2.33. The second-order valence-corrected chi connectivity index (χ2v) is 7.29. The van der Waals surface area contributed by atoms with Gasteiger partial charge in [0.2, 0.25) is 0 Å². The van der Waals surface area contributed by atoms with Crippen LogP contribution in [0.3, 0.4) is 0 Å². The highest BCUT2D eigenvalue weighted by molar-refractivity contribution is 5.79. The van der Waals surface area contributed by atoms with E-state index in [0.717, 1.165) is 42.5 Å². The Bertz CT molecular complexity index is 985. The molecule has 0 unspecified atom stereocenters. The number of ether oxygens (including phenoxy) is 2. The van der Waals surface area contributed by atoms with E-state index in [9.17, 15) is 0 Å². The third kappa shape index (κ3) is 6.25. The first-order valence-corrected chi connectivity index (χ1v) is 10.3. The molecular formula is C24H31N5O2. The summed E-state index contributed by atoms with van der Waals surface area (Å²) >= 11 is 0. The second kappa shape index (κ2) is 11.1. The SMILES string of the molecule is CN=C(NCc1cnn(Cc2ccccc2)c1)N(C)CCc1ccc(OC)c(OC)c1. The van der Waals surface area contributed by atoms with Crippen LogP contribution in [0.15, 0.2) is 65.9 Å². The zero-order valence-corrected chi connectivity index (χ0v) is 18.7. The monoisotopic (exact) mass is 421 g/mol. The van der Waals surface area contributed by atoms with Crippen molar-refractivity contribution >= 4 is 5.96 Å². The van der Waals surface area contributed by atoms with Crippen LogP contribution in [0.2, 0.25) is 0 Å². The van der Waals surface area contributed by atoms with E-state index in [-0.39, 0.29) is 0 Å². The van der Waals surface area contributed by atoms with E-state index in [0.29, 0.717) is 6.54 Å². The highest BCUT2D eigenvalue weighted by atomic mass is 16.5. The predicted octanol–water partition coefficient (Wildman–Crippen LogP) is 3.20. The number of aliphatic imine (C=N–C) groups is 1. The Labute approximate surface area is 184 Å². The zero-order chi connectivity index (χ0) is 22.1. The van der Waals surface area contributed by atoms with Crippen LogP contribution in [0, 0.1) is 0 Å². The Kier molecular flexibility index (Phi) is 7.92. The van der Waals surface area contributed by atoms with E-state index in [1.165, 1.54) is 11.1 Å². The van der Waals surface area contributed by atoms with Crippen molar-refractivity contribution in [3.63, 3.8) is 0 Å². The van der Waals surface area contributed by atoms with Gasteiger partial charge in [-0.15, -0.1) is 0 Å². The number of rotatable bonds is 9. The molecule has 1 heterocycles. The fourth-order valence-corrected chi connectivity index (χ4v) is 3.36. The first-order chi connectivity index (χ1) is 15.1. The number of aromatic nitrogens is 2. The van der Waals surface area contributed by atoms with Gasteiger partial charge in [0.05, 0.1) is 27.0 Å². The fraction of sp³-hybridized carbons (Fsp3) is 0.333. The third-order valence-electron chi connectivity index (χ3n) is 5.08. The fourth-order valence-electron chi connectivity index (χ4n) is 3.36. The molecule has 7 nitrogen and oxygen atoms in total. The van der Waals surface area contributed by atoms with Crippen LogP contribution in [0.1, 0.15) is 16.7 Å². The van der Waals surface area contributed by atoms with Gasteiger partial charge in [0.25, 0.3) is 0 Å². The average molecular weight is 422 g/mol. The maximum Gasteiger partial charge on any atom is 0.193 e. The summed E-state index contributed by atoms with van der Waals surface area (Å²) in [7, 11) is 7.14. The first kappa shape index (κ1) is 22.2. The molecule has 0 aliphatic carbocycles. The number of hydrogen-bond acceptors (Lipinski definition) is 4. The van der Waals surface area contributed by atoms with Gasteiger partial charge in [-0.2, -0.15) is 5.10 Å². The number of guanidine groups is 1. The van der Waals surface area contributed by atoms with Crippen LogP contribution in [0.25, 0.3) is 0 Å². The normalized spacial score (nSPS) is 11.3. The minimum Gasteiger partial charge on any atom is -0.493 e. The summed E-state index contributed by atoms with van der Waals surface area (Å²) in [6, 6.07) is 16.3. The van der Waals surface area contributed by atoms with Crippen molar-refractivity contribution in [1.29, 1.82) is 0 Å². The smallest absolute Gasteiger partial charge is 0.193 e. The van der Waals surface area contributed by atoms with E-state index in [1.807, 2.05) is 48.3 Å². The van der Waals surface area contributed by atoms with Gasteiger partial charge in [-0.1, -0.05) is 36.4 Å². The Balaban J connectivity index is 1.51. The maximum atomic E-state index is 5.40. The number of methoxy groups -OCH3 is 2. The second-order valence-electron chi connectivity index (χ2n) is 7.29. The summed E-state index contributed by atoms with van der Waals surface area (Å²) < 4.78 is 12.7. The summed E-state index contributed by atoms with van der Waals surface area (Å²) in [6.45, 7) is 2.26. The van der Waals surface area contributed by atoms with Gasteiger partial charge in [0.1, 0.15) is 0 Å². The lowest BCUT2D eigenvalue weighted by atomic mass is 10.1. The van der Waals surface area contributed by atoms with Crippen molar-refractivity contribution in [3.8, 4) is 11.5 Å². The third-order valence-corrected chi connectivity index (χ3v) is 5.08. The topological polar surface area (TPSA) is 63.9 Å². The highest BCUT2D eigenvalue weighted by Crippen LogP contribution is 2.27. The molecule has 0 spiro atoms. The molecule has 0 atom stereocenters. The van der Waals surface area contributed by atoms with Crippen molar-refractivity contribution in [2.24, 2.45) is 4.99 Å². The standard InChI is InChI=1S/C24H31N5O2/c1-25-24(28(2)13-12-19-10-11-22(30-3)23(14-19)31-4)26-15-21-16-27-29(18-21)17-20-8-6-5-7-9-20/h5-11,14,16,18H,12-13,15,17H2,1-4H3,(H,25,26). The predicted molar refractivity (Wildman–Crippen MR) is 124 cm³/mol. The van der Waals surface area contributed by atoms with Crippen molar-refractivity contribution in [2.75, 3.05) is 34.9 Å². The molecule has 0 saturated heterocycles. The minimum atomic E-state index is 0.669. The van der Waals surface area contributed by atoms with Crippen molar-refractivity contribution in [2.45, 2.75) is 19.5 Å².